The molecule has 1 saturated heterocycles. The number of sulfonamides is 1. The second kappa shape index (κ2) is 9.11. The highest BCUT2D eigenvalue weighted by Gasteiger charge is 2.30. The van der Waals surface area contributed by atoms with Crippen LogP contribution in [0.4, 0.5) is 0 Å². The summed E-state index contributed by atoms with van der Waals surface area (Å²) in [5.74, 6) is 2.26. The van der Waals surface area contributed by atoms with Crippen LogP contribution in [0.1, 0.15) is 12.8 Å². The lowest BCUT2D eigenvalue weighted by Crippen LogP contribution is -2.39. The van der Waals surface area contributed by atoms with Crippen LogP contribution in [0, 0.1) is 5.92 Å². The number of benzene rings is 2. The van der Waals surface area contributed by atoms with Gasteiger partial charge in [0.05, 0.1) is 19.1 Å². The fraction of sp³-hybridized carbons (Fsp3) is 0.348. The van der Waals surface area contributed by atoms with Crippen LogP contribution in [-0.4, -0.2) is 49.6 Å². The maximum atomic E-state index is 13.1. The number of rotatable bonds is 7. The second-order valence-electron chi connectivity index (χ2n) is 7.63. The van der Waals surface area contributed by atoms with Crippen LogP contribution in [0.15, 0.2) is 65.8 Å². The van der Waals surface area contributed by atoms with E-state index in [0.29, 0.717) is 30.5 Å². The van der Waals surface area contributed by atoms with E-state index in [4.69, 9.17) is 9.47 Å². The van der Waals surface area contributed by atoms with E-state index in [2.05, 4.69) is 21.7 Å². The number of imidazole rings is 1. The molecule has 0 amide bonds. The van der Waals surface area contributed by atoms with Gasteiger partial charge in [-0.1, -0.05) is 30.3 Å². The Hall–Kier alpha value is -2.84. The summed E-state index contributed by atoms with van der Waals surface area (Å²) in [4.78, 5) is 4.74. The normalized spacial score (nSPS) is 15.7. The van der Waals surface area contributed by atoms with Gasteiger partial charge in [0, 0.05) is 43.7 Å². The van der Waals surface area contributed by atoms with Crippen molar-refractivity contribution >= 4 is 10.0 Å². The summed E-state index contributed by atoms with van der Waals surface area (Å²) >= 11 is 0. The van der Waals surface area contributed by atoms with Crippen LogP contribution in [0.5, 0.6) is 11.5 Å². The molecule has 0 spiro atoms. The number of hydrogen-bond donors (Lipinski definition) is 0. The third-order valence-corrected chi connectivity index (χ3v) is 7.66. The van der Waals surface area contributed by atoms with Gasteiger partial charge in [0.25, 0.3) is 0 Å². The van der Waals surface area contributed by atoms with Gasteiger partial charge in [-0.2, -0.15) is 4.31 Å². The van der Waals surface area contributed by atoms with Crippen molar-refractivity contribution in [1.29, 1.82) is 0 Å². The number of aromatic nitrogens is 2. The van der Waals surface area contributed by atoms with E-state index >= 15 is 0 Å². The predicted octanol–water partition coefficient (Wildman–Crippen LogP) is 3.67. The van der Waals surface area contributed by atoms with Crippen LogP contribution < -0.4 is 9.47 Å². The van der Waals surface area contributed by atoms with Crippen LogP contribution in [0.25, 0.3) is 11.4 Å². The van der Waals surface area contributed by atoms with Gasteiger partial charge >= 0.3 is 0 Å². The second-order valence-corrected chi connectivity index (χ2v) is 9.57. The highest BCUT2D eigenvalue weighted by atomic mass is 32.2. The molecule has 4 rings (SSSR count). The molecule has 2 heterocycles. The van der Waals surface area contributed by atoms with Crippen molar-refractivity contribution in [2.45, 2.75) is 24.3 Å². The molecule has 1 aliphatic heterocycles. The lowest BCUT2D eigenvalue weighted by molar-refractivity contribution is 0.253. The molecule has 1 fully saturated rings. The van der Waals surface area contributed by atoms with Gasteiger partial charge in [-0.05, 0) is 30.9 Å². The highest BCUT2D eigenvalue weighted by molar-refractivity contribution is 7.89. The molecule has 1 aliphatic rings. The Morgan fingerprint density at radius 1 is 1.00 bits per heavy atom. The minimum Gasteiger partial charge on any atom is -0.493 e. The summed E-state index contributed by atoms with van der Waals surface area (Å²) < 4.78 is 40.5. The van der Waals surface area contributed by atoms with Gasteiger partial charge in [-0.25, -0.2) is 13.4 Å². The average molecular weight is 442 g/mol. The number of methoxy groups -OCH3 is 2. The number of nitrogens with zero attached hydrogens (tertiary/aromatic N) is 3. The first-order valence-corrected chi connectivity index (χ1v) is 11.8. The monoisotopic (exact) mass is 441 g/mol. The molecule has 2 aromatic carbocycles. The molecule has 3 aromatic rings. The molecule has 0 radical (unpaired) electrons. The first-order valence-electron chi connectivity index (χ1n) is 10.3. The van der Waals surface area contributed by atoms with E-state index in [1.54, 1.807) is 16.4 Å². The maximum Gasteiger partial charge on any atom is 0.243 e. The smallest absolute Gasteiger partial charge is 0.243 e. The summed E-state index contributed by atoms with van der Waals surface area (Å²) in [5.41, 5.74) is 1.08. The van der Waals surface area contributed by atoms with Gasteiger partial charge in [-0.3, -0.25) is 0 Å². The third-order valence-electron chi connectivity index (χ3n) is 5.77. The summed E-state index contributed by atoms with van der Waals surface area (Å²) in [6, 6.07) is 14.8. The van der Waals surface area contributed by atoms with E-state index in [1.165, 1.54) is 20.3 Å². The van der Waals surface area contributed by atoms with Crippen molar-refractivity contribution in [3.8, 4) is 22.9 Å². The van der Waals surface area contributed by atoms with Crippen LogP contribution in [0.3, 0.4) is 0 Å². The zero-order chi connectivity index (χ0) is 21.8. The first-order chi connectivity index (χ1) is 15.0. The molecule has 0 bridgehead atoms. The Labute approximate surface area is 183 Å². The molecule has 0 aliphatic carbocycles. The van der Waals surface area contributed by atoms with Crippen molar-refractivity contribution in [3.05, 3.63) is 60.9 Å². The van der Waals surface area contributed by atoms with Crippen molar-refractivity contribution < 1.29 is 17.9 Å². The van der Waals surface area contributed by atoms with Crippen molar-refractivity contribution in [1.82, 2.24) is 13.9 Å². The largest absolute Gasteiger partial charge is 0.493 e. The van der Waals surface area contributed by atoms with Gasteiger partial charge in [0.2, 0.25) is 10.0 Å². The fourth-order valence-corrected chi connectivity index (χ4v) is 5.53. The van der Waals surface area contributed by atoms with Crippen LogP contribution in [0.2, 0.25) is 0 Å². The van der Waals surface area contributed by atoms with Gasteiger partial charge < -0.3 is 14.0 Å². The van der Waals surface area contributed by atoms with Crippen molar-refractivity contribution in [2.24, 2.45) is 5.92 Å². The molecule has 7 nitrogen and oxygen atoms in total. The Morgan fingerprint density at radius 3 is 2.39 bits per heavy atom. The fourth-order valence-electron chi connectivity index (χ4n) is 4.04. The molecular weight excluding hydrogens is 414 g/mol. The Balaban J connectivity index is 1.43. The zero-order valence-electron chi connectivity index (χ0n) is 17.8. The van der Waals surface area contributed by atoms with E-state index in [9.17, 15) is 8.42 Å². The highest BCUT2D eigenvalue weighted by Crippen LogP contribution is 2.32. The Morgan fingerprint density at radius 2 is 1.71 bits per heavy atom. The van der Waals surface area contributed by atoms with Crippen molar-refractivity contribution in [3.63, 3.8) is 0 Å². The molecule has 0 unspecified atom stereocenters. The van der Waals surface area contributed by atoms with Gasteiger partial charge in [0.15, 0.2) is 11.5 Å². The molecule has 1 aromatic heterocycles. The summed E-state index contributed by atoms with van der Waals surface area (Å²) in [5, 5.41) is 0. The number of piperidine rings is 1. The molecule has 31 heavy (non-hydrogen) atoms. The maximum absolute atomic E-state index is 13.1. The summed E-state index contributed by atoms with van der Waals surface area (Å²) in [6.45, 7) is 1.82. The van der Waals surface area contributed by atoms with Crippen LogP contribution in [-0.2, 0) is 16.6 Å². The van der Waals surface area contributed by atoms with E-state index < -0.39 is 10.0 Å². The molecule has 0 saturated carbocycles. The third kappa shape index (κ3) is 4.45. The quantitative estimate of drug-likeness (QED) is 0.559. The Bertz CT molecular complexity index is 1120. The first kappa shape index (κ1) is 21.4. The molecule has 0 N–H and O–H groups in total. The SMILES string of the molecule is COc1ccc(S(=O)(=O)N2CCC(Cn3ccnc3-c3ccccc3)CC2)cc1OC. The zero-order valence-corrected chi connectivity index (χ0v) is 18.6. The predicted molar refractivity (Wildman–Crippen MR) is 119 cm³/mol. The number of ether oxygens (including phenoxy) is 2. The average Bonchev–Trinajstić information content (AvgIpc) is 3.27. The van der Waals surface area contributed by atoms with Crippen molar-refractivity contribution in [2.75, 3.05) is 27.3 Å². The van der Waals surface area contributed by atoms with E-state index in [-0.39, 0.29) is 4.90 Å². The minimum atomic E-state index is -3.58. The lowest BCUT2D eigenvalue weighted by atomic mass is 9.98. The molecule has 164 valence electrons. The summed E-state index contributed by atoms with van der Waals surface area (Å²) in [6.07, 6.45) is 5.42. The molecular formula is C23H27N3O4S. The van der Waals surface area contributed by atoms with E-state index in [1.807, 2.05) is 30.6 Å². The number of hydrogen-bond acceptors (Lipinski definition) is 5. The minimum absolute atomic E-state index is 0.226. The topological polar surface area (TPSA) is 73.7 Å². The molecule has 0 atom stereocenters. The Kier molecular flexibility index (Phi) is 6.29. The van der Waals surface area contributed by atoms with Gasteiger partial charge in [0.1, 0.15) is 5.82 Å². The summed E-state index contributed by atoms with van der Waals surface area (Å²) in [7, 11) is -0.550. The lowest BCUT2D eigenvalue weighted by Gasteiger charge is -2.31. The standard InChI is InChI=1S/C23H27N3O4S/c1-29-21-9-8-20(16-22(21)30-2)31(27,28)26-13-10-18(11-14-26)17-25-15-12-24-23(25)19-6-4-3-5-7-19/h3-9,12,15-16,18H,10-11,13-14,17H2,1-2H3. The van der Waals surface area contributed by atoms with Crippen LogP contribution >= 0.6 is 0 Å². The molecule has 8 heteroatoms. The van der Waals surface area contributed by atoms with E-state index in [0.717, 1.165) is 30.8 Å². The van der Waals surface area contributed by atoms with Gasteiger partial charge in [-0.15, -0.1) is 0 Å².